The normalized spacial score (nSPS) is 11.7. The summed E-state index contributed by atoms with van der Waals surface area (Å²) in [5.74, 6) is 0. The van der Waals surface area contributed by atoms with Crippen LogP contribution in [0.25, 0.3) is 0 Å². The summed E-state index contributed by atoms with van der Waals surface area (Å²) in [5.41, 5.74) is 3.75. The Morgan fingerprint density at radius 1 is 0.609 bits per heavy atom. The maximum atomic E-state index is 2.45. The molecule has 0 N–H and O–H groups in total. The van der Waals surface area contributed by atoms with E-state index in [1.165, 1.54) is 21.1 Å². The van der Waals surface area contributed by atoms with Gasteiger partial charge < -0.3 is 0 Å². The maximum absolute atomic E-state index is 2.45. The predicted molar refractivity (Wildman–Crippen MR) is 104 cm³/mol. The predicted octanol–water partition coefficient (Wildman–Crippen LogP) is 3.58. The summed E-state index contributed by atoms with van der Waals surface area (Å²) in [6.45, 7) is 4.27. The Morgan fingerprint density at radius 3 is 1.48 bits per heavy atom. The first kappa shape index (κ1) is 15.5. The fourth-order valence-corrected chi connectivity index (χ4v) is 7.46. The number of benzene rings is 3. The van der Waals surface area contributed by atoms with E-state index in [2.05, 4.69) is 111 Å². The van der Waals surface area contributed by atoms with Gasteiger partial charge in [-0.05, 0) is 29.4 Å². The molecule has 0 heterocycles. The number of hydrogen-bond acceptors (Lipinski definition) is 0. The lowest BCUT2D eigenvalue weighted by atomic mass is 10.2. The van der Waals surface area contributed by atoms with Crippen LogP contribution >= 0.6 is 0 Å². The van der Waals surface area contributed by atoms with Crippen LogP contribution in [0, 0.1) is 6.92 Å². The second kappa shape index (κ2) is 6.80. The van der Waals surface area contributed by atoms with Crippen LogP contribution in [0.2, 0.25) is 0 Å². The molecule has 23 heavy (non-hydrogen) atoms. The molecule has 3 rings (SSSR count). The van der Waals surface area contributed by atoms with Gasteiger partial charge in [0, 0.05) is 0 Å². The van der Waals surface area contributed by atoms with E-state index in [1.54, 1.807) is 0 Å². The summed E-state index contributed by atoms with van der Waals surface area (Å²) >= 11 is 0. The van der Waals surface area contributed by atoms with E-state index >= 15 is 0 Å². The average molecular weight is 315 g/mol. The van der Waals surface area contributed by atoms with Crippen LogP contribution in [0.15, 0.2) is 96.7 Å². The van der Waals surface area contributed by atoms with Crippen molar-refractivity contribution < 1.29 is 0 Å². The molecule has 0 radical (unpaired) electrons. The largest absolute Gasteiger partial charge is 0.172 e. The molecule has 0 atom stereocenters. The number of aryl methyl sites for hydroxylation is 1. The van der Waals surface area contributed by atoms with Crippen molar-refractivity contribution in [2.45, 2.75) is 13.8 Å². The maximum Gasteiger partial charge on any atom is 0.172 e. The van der Waals surface area contributed by atoms with E-state index in [1.807, 2.05) is 0 Å². The SMILES string of the molecule is C/C=C/[Si](c1ccccc1)(c1ccccc1)c1ccc(C)cc1. The van der Waals surface area contributed by atoms with Gasteiger partial charge in [0.1, 0.15) is 0 Å². The molecule has 114 valence electrons. The molecule has 0 nitrogen and oxygen atoms in total. The van der Waals surface area contributed by atoms with Crippen LogP contribution < -0.4 is 15.6 Å². The molecule has 0 aromatic heterocycles. The van der Waals surface area contributed by atoms with E-state index < -0.39 is 8.07 Å². The summed E-state index contributed by atoms with van der Waals surface area (Å²) in [6.07, 6.45) is 2.21. The standard InChI is InChI=1S/C22H22Si/c1-3-18-23(20-10-6-4-7-11-20,21-12-8-5-9-13-21)22-16-14-19(2)15-17-22/h3-18H,1-2H3/b18-3+. The Labute approximate surface area is 140 Å². The first-order valence-corrected chi connectivity index (χ1v) is 10.2. The summed E-state index contributed by atoms with van der Waals surface area (Å²) in [6, 6.07) is 31.0. The molecule has 0 unspecified atom stereocenters. The molecule has 0 aliphatic heterocycles. The molecular formula is C22H22Si. The fraction of sp³-hybridized carbons (Fsp3) is 0.0909. The van der Waals surface area contributed by atoms with Gasteiger partial charge in [-0.3, -0.25) is 0 Å². The average Bonchev–Trinajstić information content (AvgIpc) is 2.62. The highest BCUT2D eigenvalue weighted by Gasteiger charge is 2.36. The monoisotopic (exact) mass is 314 g/mol. The molecule has 0 bridgehead atoms. The van der Waals surface area contributed by atoms with E-state index in [9.17, 15) is 0 Å². The second-order valence-electron chi connectivity index (χ2n) is 5.91. The quantitative estimate of drug-likeness (QED) is 0.510. The Morgan fingerprint density at radius 2 is 1.04 bits per heavy atom. The Kier molecular flexibility index (Phi) is 4.59. The number of rotatable bonds is 4. The molecule has 0 amide bonds. The van der Waals surface area contributed by atoms with Gasteiger partial charge in [0.25, 0.3) is 0 Å². The van der Waals surface area contributed by atoms with Gasteiger partial charge in [-0.25, -0.2) is 0 Å². The summed E-state index contributed by atoms with van der Waals surface area (Å²) in [4.78, 5) is 0. The van der Waals surface area contributed by atoms with Gasteiger partial charge in [0.15, 0.2) is 8.07 Å². The minimum absolute atomic E-state index is 1.30. The van der Waals surface area contributed by atoms with Crippen LogP contribution in [-0.4, -0.2) is 8.07 Å². The highest BCUT2D eigenvalue weighted by atomic mass is 28.3. The molecule has 0 saturated carbocycles. The lowest BCUT2D eigenvalue weighted by molar-refractivity contribution is 1.49. The van der Waals surface area contributed by atoms with Crippen molar-refractivity contribution in [3.05, 3.63) is 102 Å². The Bertz CT molecular complexity index is 732. The molecule has 0 saturated heterocycles. The first-order chi connectivity index (χ1) is 11.3. The zero-order valence-electron chi connectivity index (χ0n) is 13.7. The van der Waals surface area contributed by atoms with Crippen molar-refractivity contribution in [1.82, 2.24) is 0 Å². The molecule has 0 spiro atoms. The molecule has 3 aromatic carbocycles. The van der Waals surface area contributed by atoms with Crippen LogP contribution in [0.5, 0.6) is 0 Å². The highest BCUT2D eigenvalue weighted by molar-refractivity contribution is 7.14. The topological polar surface area (TPSA) is 0 Å². The zero-order valence-corrected chi connectivity index (χ0v) is 14.7. The second-order valence-corrected chi connectivity index (χ2v) is 9.59. The molecule has 0 aliphatic rings. The fourth-order valence-electron chi connectivity index (χ4n) is 3.26. The third-order valence-corrected chi connectivity index (χ3v) is 8.95. The van der Waals surface area contributed by atoms with Gasteiger partial charge in [-0.1, -0.05) is 102 Å². The van der Waals surface area contributed by atoms with Gasteiger partial charge in [-0.2, -0.15) is 0 Å². The Hall–Kier alpha value is -2.38. The molecule has 3 aromatic rings. The highest BCUT2D eigenvalue weighted by Crippen LogP contribution is 2.10. The smallest absolute Gasteiger partial charge is 0.0945 e. The number of hydrogen-bond donors (Lipinski definition) is 0. The summed E-state index contributed by atoms with van der Waals surface area (Å²) < 4.78 is 0. The zero-order chi connectivity index (χ0) is 16.1. The van der Waals surface area contributed by atoms with Gasteiger partial charge in [-0.15, -0.1) is 0 Å². The number of allylic oxidation sites excluding steroid dienone is 1. The molecular weight excluding hydrogens is 292 g/mol. The van der Waals surface area contributed by atoms with Crippen molar-refractivity contribution in [1.29, 1.82) is 0 Å². The minimum atomic E-state index is -2.13. The van der Waals surface area contributed by atoms with Crippen LogP contribution in [0.3, 0.4) is 0 Å². The minimum Gasteiger partial charge on any atom is -0.0945 e. The van der Waals surface area contributed by atoms with Crippen LogP contribution in [-0.2, 0) is 0 Å². The van der Waals surface area contributed by atoms with Crippen molar-refractivity contribution >= 4 is 23.6 Å². The van der Waals surface area contributed by atoms with E-state index in [4.69, 9.17) is 0 Å². The molecule has 1 heteroatoms. The molecule has 0 aliphatic carbocycles. The lowest BCUT2D eigenvalue weighted by Crippen LogP contribution is -2.66. The third kappa shape index (κ3) is 2.93. The Balaban J connectivity index is 2.33. The van der Waals surface area contributed by atoms with E-state index in [0.29, 0.717) is 0 Å². The third-order valence-electron chi connectivity index (χ3n) is 4.38. The van der Waals surface area contributed by atoms with E-state index in [0.717, 1.165) is 0 Å². The van der Waals surface area contributed by atoms with Crippen LogP contribution in [0.1, 0.15) is 12.5 Å². The van der Waals surface area contributed by atoms with Crippen molar-refractivity contribution in [2.75, 3.05) is 0 Å². The first-order valence-electron chi connectivity index (χ1n) is 8.09. The summed E-state index contributed by atoms with van der Waals surface area (Å²) in [5, 5.41) is 4.28. The summed E-state index contributed by atoms with van der Waals surface area (Å²) in [7, 11) is -2.13. The lowest BCUT2D eigenvalue weighted by Gasteiger charge is -2.30. The molecule has 0 fully saturated rings. The van der Waals surface area contributed by atoms with Gasteiger partial charge in [0.2, 0.25) is 0 Å². The van der Waals surface area contributed by atoms with Gasteiger partial charge in [0.05, 0.1) is 0 Å². The van der Waals surface area contributed by atoms with Crippen LogP contribution in [0.4, 0.5) is 0 Å². The van der Waals surface area contributed by atoms with Gasteiger partial charge >= 0.3 is 0 Å². The van der Waals surface area contributed by atoms with Crippen molar-refractivity contribution in [3.63, 3.8) is 0 Å². The van der Waals surface area contributed by atoms with Crippen molar-refractivity contribution in [3.8, 4) is 0 Å². The van der Waals surface area contributed by atoms with Crippen molar-refractivity contribution in [2.24, 2.45) is 0 Å². The van der Waals surface area contributed by atoms with E-state index in [-0.39, 0.29) is 0 Å².